The van der Waals surface area contributed by atoms with Crippen molar-refractivity contribution in [3.63, 3.8) is 0 Å². The Morgan fingerprint density at radius 3 is 2.33 bits per heavy atom. The lowest BCUT2D eigenvalue weighted by Crippen LogP contribution is -2.13. The molecule has 110 valence electrons. The van der Waals surface area contributed by atoms with Crippen molar-refractivity contribution in [1.29, 1.82) is 0 Å². The summed E-state index contributed by atoms with van der Waals surface area (Å²) in [5.41, 5.74) is 1.81. The van der Waals surface area contributed by atoms with E-state index < -0.39 is 5.97 Å². The Morgan fingerprint density at radius 1 is 1.10 bits per heavy atom. The van der Waals surface area contributed by atoms with Crippen LogP contribution in [0.5, 0.6) is 0 Å². The van der Waals surface area contributed by atoms with Crippen molar-refractivity contribution < 1.29 is 13.9 Å². The lowest BCUT2D eigenvalue weighted by atomic mass is 9.91. The van der Waals surface area contributed by atoms with Gasteiger partial charge >= 0.3 is 17.5 Å². The van der Waals surface area contributed by atoms with Crippen LogP contribution in [0.4, 0.5) is 0 Å². The first-order valence-corrected chi connectivity index (χ1v) is 7.13. The normalized spacial score (nSPS) is 11.2. The lowest BCUT2D eigenvalue weighted by molar-refractivity contribution is 0.0482. The SMILES string of the molecule is CCOC(=O)c1cc(-c2ccccc2)cc(C(C)(C)C)[o+]1. The molecule has 0 radical (unpaired) electrons. The van der Waals surface area contributed by atoms with Gasteiger partial charge in [0.1, 0.15) is 0 Å². The van der Waals surface area contributed by atoms with Crippen molar-refractivity contribution in [2.45, 2.75) is 33.1 Å². The molecule has 0 N–H and O–H groups in total. The summed E-state index contributed by atoms with van der Waals surface area (Å²) in [6.45, 7) is 8.26. The maximum Gasteiger partial charge on any atom is 0.437 e. The van der Waals surface area contributed by atoms with Gasteiger partial charge in [-0.25, -0.2) is 9.21 Å². The van der Waals surface area contributed by atoms with Crippen LogP contribution < -0.4 is 0 Å². The van der Waals surface area contributed by atoms with Crippen molar-refractivity contribution in [2.75, 3.05) is 6.61 Å². The van der Waals surface area contributed by atoms with E-state index in [9.17, 15) is 4.79 Å². The molecule has 0 saturated heterocycles. The molecule has 0 spiro atoms. The van der Waals surface area contributed by atoms with Crippen LogP contribution in [0.25, 0.3) is 11.1 Å². The van der Waals surface area contributed by atoms with E-state index in [1.54, 1.807) is 13.0 Å². The van der Waals surface area contributed by atoms with E-state index in [2.05, 4.69) is 20.8 Å². The number of hydrogen-bond donors (Lipinski definition) is 0. The highest BCUT2D eigenvalue weighted by Gasteiger charge is 2.32. The maximum atomic E-state index is 12.0. The lowest BCUT2D eigenvalue weighted by Gasteiger charge is -2.10. The molecule has 2 rings (SSSR count). The molecule has 0 unspecified atom stereocenters. The number of hydrogen-bond acceptors (Lipinski definition) is 2. The minimum Gasteiger partial charge on any atom is -0.456 e. The van der Waals surface area contributed by atoms with E-state index in [4.69, 9.17) is 9.15 Å². The van der Waals surface area contributed by atoms with Gasteiger partial charge in [-0.2, -0.15) is 0 Å². The average Bonchev–Trinajstić information content (AvgIpc) is 2.47. The molecule has 21 heavy (non-hydrogen) atoms. The zero-order valence-corrected chi connectivity index (χ0v) is 13.0. The Labute approximate surface area is 125 Å². The van der Waals surface area contributed by atoms with Crippen LogP contribution in [-0.4, -0.2) is 12.6 Å². The van der Waals surface area contributed by atoms with Gasteiger partial charge in [0.25, 0.3) is 0 Å². The van der Waals surface area contributed by atoms with Gasteiger partial charge in [-0.3, -0.25) is 0 Å². The first-order valence-electron chi connectivity index (χ1n) is 7.13. The maximum absolute atomic E-state index is 12.0. The smallest absolute Gasteiger partial charge is 0.437 e. The van der Waals surface area contributed by atoms with Crippen molar-refractivity contribution in [1.82, 2.24) is 0 Å². The summed E-state index contributed by atoms with van der Waals surface area (Å²) in [5.74, 6) is 0.566. The number of benzene rings is 1. The van der Waals surface area contributed by atoms with Gasteiger partial charge in [0.2, 0.25) is 0 Å². The highest BCUT2D eigenvalue weighted by Crippen LogP contribution is 2.29. The molecule has 0 aliphatic carbocycles. The van der Waals surface area contributed by atoms with Crippen LogP contribution in [0.15, 0.2) is 46.9 Å². The van der Waals surface area contributed by atoms with Gasteiger partial charge in [-0.05, 0) is 33.3 Å². The summed E-state index contributed by atoms with van der Waals surface area (Å²) in [4.78, 5) is 12.0. The van der Waals surface area contributed by atoms with Crippen LogP contribution in [0.2, 0.25) is 0 Å². The van der Waals surface area contributed by atoms with Crippen LogP contribution in [0.3, 0.4) is 0 Å². The summed E-state index contributed by atoms with van der Waals surface area (Å²) in [6, 6.07) is 13.7. The van der Waals surface area contributed by atoms with E-state index >= 15 is 0 Å². The molecule has 0 saturated carbocycles. The number of carbonyl (C=O) groups is 1. The van der Waals surface area contributed by atoms with E-state index in [1.165, 1.54) is 0 Å². The molecule has 0 aliphatic heterocycles. The minimum absolute atomic E-state index is 0.188. The third-order valence-corrected chi connectivity index (χ3v) is 3.12. The first-order chi connectivity index (χ1) is 9.91. The van der Waals surface area contributed by atoms with Crippen LogP contribution in [0, 0.1) is 0 Å². The molecule has 0 bridgehead atoms. The second kappa shape index (κ2) is 6.08. The van der Waals surface area contributed by atoms with Crippen molar-refractivity contribution in [3.8, 4) is 11.1 Å². The van der Waals surface area contributed by atoms with E-state index in [0.29, 0.717) is 6.61 Å². The molecule has 0 amide bonds. The van der Waals surface area contributed by atoms with Gasteiger partial charge in [-0.1, -0.05) is 30.3 Å². The standard InChI is InChI=1S/C18H21O3/c1-5-20-17(19)15-11-14(13-9-7-6-8-10-13)12-16(21-15)18(2,3)4/h6-12H,5H2,1-4H3/q+1. The predicted octanol–water partition coefficient (Wildman–Crippen LogP) is 4.70. The van der Waals surface area contributed by atoms with Crippen molar-refractivity contribution in [3.05, 3.63) is 54.0 Å². The number of carbonyl (C=O) groups excluding carboxylic acids is 1. The summed E-state index contributed by atoms with van der Waals surface area (Å²) >= 11 is 0. The van der Waals surface area contributed by atoms with E-state index in [1.807, 2.05) is 36.4 Å². The van der Waals surface area contributed by atoms with Crippen molar-refractivity contribution in [2.24, 2.45) is 0 Å². The summed E-state index contributed by atoms with van der Waals surface area (Å²) in [7, 11) is 0. The second-order valence-corrected chi connectivity index (χ2v) is 5.91. The molecule has 0 fully saturated rings. The summed E-state index contributed by atoms with van der Waals surface area (Å²) in [6.07, 6.45) is 0. The number of esters is 1. The Kier molecular flexibility index (Phi) is 4.41. The molecule has 0 aliphatic rings. The molecule has 0 atom stereocenters. The Morgan fingerprint density at radius 2 is 1.76 bits per heavy atom. The number of rotatable bonds is 3. The molecule has 1 aromatic heterocycles. The average molecular weight is 285 g/mol. The monoisotopic (exact) mass is 285 g/mol. The van der Waals surface area contributed by atoms with Gasteiger partial charge < -0.3 is 4.74 Å². The molecule has 1 aromatic carbocycles. The molecule has 3 nitrogen and oxygen atoms in total. The van der Waals surface area contributed by atoms with E-state index in [0.717, 1.165) is 16.9 Å². The minimum atomic E-state index is -0.430. The molecular weight excluding hydrogens is 264 g/mol. The largest absolute Gasteiger partial charge is 0.456 e. The third kappa shape index (κ3) is 3.69. The highest BCUT2D eigenvalue weighted by molar-refractivity contribution is 5.88. The molecule has 3 heteroatoms. The van der Waals surface area contributed by atoms with Gasteiger partial charge in [0.05, 0.1) is 18.1 Å². The Balaban J connectivity index is 2.55. The first kappa shape index (κ1) is 15.2. The Bertz CT molecular complexity index is 625. The predicted molar refractivity (Wildman–Crippen MR) is 83.2 cm³/mol. The van der Waals surface area contributed by atoms with Gasteiger partial charge in [-0.15, -0.1) is 0 Å². The summed E-state index contributed by atoms with van der Waals surface area (Å²) in [5, 5.41) is 0. The zero-order valence-electron chi connectivity index (χ0n) is 13.0. The van der Waals surface area contributed by atoms with Crippen molar-refractivity contribution >= 4 is 5.97 Å². The third-order valence-electron chi connectivity index (χ3n) is 3.12. The fourth-order valence-corrected chi connectivity index (χ4v) is 1.97. The Hall–Kier alpha value is -2.16. The fraction of sp³-hybridized carbons (Fsp3) is 0.333. The topological polar surface area (TPSA) is 37.6 Å². The van der Waals surface area contributed by atoms with Crippen LogP contribution in [-0.2, 0) is 10.2 Å². The quantitative estimate of drug-likeness (QED) is 0.606. The summed E-state index contributed by atoms with van der Waals surface area (Å²) < 4.78 is 10.8. The number of ether oxygens (including phenoxy) is 1. The van der Waals surface area contributed by atoms with Gasteiger partial charge in [0, 0.05) is 11.6 Å². The van der Waals surface area contributed by atoms with Gasteiger partial charge in [0.15, 0.2) is 0 Å². The van der Waals surface area contributed by atoms with Crippen LogP contribution >= 0.6 is 0 Å². The van der Waals surface area contributed by atoms with Crippen LogP contribution in [0.1, 0.15) is 44.0 Å². The molecular formula is C18H21O3+. The fourth-order valence-electron chi connectivity index (χ4n) is 1.97. The molecule has 1 heterocycles. The molecule has 2 aromatic rings. The highest BCUT2D eigenvalue weighted by atomic mass is 16.5. The second-order valence-electron chi connectivity index (χ2n) is 5.91. The van der Waals surface area contributed by atoms with E-state index in [-0.39, 0.29) is 11.2 Å². The zero-order chi connectivity index (χ0) is 15.5.